The Morgan fingerprint density at radius 1 is 1.03 bits per heavy atom. The molecule has 0 fully saturated rings. The minimum absolute atomic E-state index is 0.0141. The monoisotopic (exact) mass is 444 g/mol. The van der Waals surface area contributed by atoms with E-state index in [4.69, 9.17) is 4.52 Å². The highest BCUT2D eigenvalue weighted by Crippen LogP contribution is 2.37. The van der Waals surface area contributed by atoms with Crippen LogP contribution in [0.3, 0.4) is 0 Å². The van der Waals surface area contributed by atoms with Crippen molar-refractivity contribution < 1.29 is 12.9 Å². The third-order valence-corrected chi connectivity index (χ3v) is 7.50. The maximum atomic E-state index is 13.1. The summed E-state index contributed by atoms with van der Waals surface area (Å²) >= 11 is 1.41. The van der Waals surface area contributed by atoms with Gasteiger partial charge < -0.3 is 4.52 Å². The summed E-state index contributed by atoms with van der Waals surface area (Å²) < 4.78 is 36.9. The molecule has 0 spiro atoms. The Morgan fingerprint density at radius 2 is 1.67 bits per heavy atom. The van der Waals surface area contributed by atoms with E-state index >= 15 is 0 Å². The predicted octanol–water partition coefficient (Wildman–Crippen LogP) is 3.43. The number of anilines is 1. The number of rotatable bonds is 5. The Labute approximate surface area is 177 Å². The van der Waals surface area contributed by atoms with Gasteiger partial charge in [-0.15, -0.1) is 0 Å². The number of fused-ring (bicyclic) bond motifs is 1. The predicted molar refractivity (Wildman–Crippen MR) is 116 cm³/mol. The first-order valence-electron chi connectivity index (χ1n) is 9.07. The molecule has 0 bridgehead atoms. The van der Waals surface area contributed by atoms with Crippen molar-refractivity contribution in [1.82, 2.24) is 14.3 Å². The SMILES string of the molecule is Cc1noc(C)c1S(=O)(=O)Nc1cc2c(cc1Sc1ccccc1)n(C)c(=O)n2C. The van der Waals surface area contributed by atoms with Crippen molar-refractivity contribution >= 4 is 38.5 Å². The lowest BCUT2D eigenvalue weighted by atomic mass is 10.3. The maximum absolute atomic E-state index is 13.1. The van der Waals surface area contributed by atoms with Gasteiger partial charge in [0.25, 0.3) is 10.0 Å². The van der Waals surface area contributed by atoms with Crippen LogP contribution < -0.4 is 10.4 Å². The summed E-state index contributed by atoms with van der Waals surface area (Å²) in [5, 5.41) is 3.75. The number of hydrogen-bond acceptors (Lipinski definition) is 6. The normalized spacial score (nSPS) is 11.9. The van der Waals surface area contributed by atoms with Gasteiger partial charge in [0.1, 0.15) is 5.69 Å². The summed E-state index contributed by atoms with van der Waals surface area (Å²) in [6.07, 6.45) is 0. The van der Waals surface area contributed by atoms with E-state index in [1.807, 2.05) is 36.4 Å². The van der Waals surface area contributed by atoms with Crippen molar-refractivity contribution in [3.8, 4) is 0 Å². The lowest BCUT2D eigenvalue weighted by Gasteiger charge is -2.13. The van der Waals surface area contributed by atoms with Crippen molar-refractivity contribution in [2.24, 2.45) is 14.1 Å². The van der Waals surface area contributed by atoms with Gasteiger partial charge in [0.15, 0.2) is 10.7 Å². The largest absolute Gasteiger partial charge is 0.360 e. The lowest BCUT2D eigenvalue weighted by molar-refractivity contribution is 0.390. The molecule has 8 nitrogen and oxygen atoms in total. The zero-order valence-electron chi connectivity index (χ0n) is 16.8. The minimum Gasteiger partial charge on any atom is -0.360 e. The molecule has 156 valence electrons. The standard InChI is InChI=1S/C20H20N4O4S2/c1-12-19(13(2)28-21-12)30(26,27)22-15-10-16-17(24(4)20(25)23(16)3)11-18(15)29-14-8-6-5-7-9-14/h5-11,22H,1-4H3. The van der Waals surface area contributed by atoms with Gasteiger partial charge in [-0.05, 0) is 38.1 Å². The molecule has 1 N–H and O–H groups in total. The van der Waals surface area contributed by atoms with Crippen LogP contribution in [0.25, 0.3) is 11.0 Å². The molecule has 30 heavy (non-hydrogen) atoms. The molecule has 4 rings (SSSR count). The highest BCUT2D eigenvalue weighted by atomic mass is 32.2. The van der Waals surface area contributed by atoms with E-state index in [1.165, 1.54) is 20.9 Å². The maximum Gasteiger partial charge on any atom is 0.328 e. The molecule has 10 heteroatoms. The van der Waals surface area contributed by atoms with Gasteiger partial charge in [-0.2, -0.15) is 0 Å². The van der Waals surface area contributed by atoms with Crippen LogP contribution in [0.2, 0.25) is 0 Å². The average molecular weight is 445 g/mol. The van der Waals surface area contributed by atoms with Crippen molar-refractivity contribution in [1.29, 1.82) is 0 Å². The van der Waals surface area contributed by atoms with E-state index in [2.05, 4.69) is 9.88 Å². The zero-order chi connectivity index (χ0) is 21.6. The molecule has 0 amide bonds. The molecule has 2 aromatic heterocycles. The van der Waals surface area contributed by atoms with Gasteiger partial charge in [0.05, 0.1) is 16.7 Å². The summed E-state index contributed by atoms with van der Waals surface area (Å²) in [7, 11) is -0.601. The number of imidazole rings is 1. The van der Waals surface area contributed by atoms with Crippen molar-refractivity contribution in [3.63, 3.8) is 0 Å². The molecule has 2 heterocycles. The molecule has 4 aromatic rings. The first-order chi connectivity index (χ1) is 14.2. The van der Waals surface area contributed by atoms with Crippen molar-refractivity contribution in [2.45, 2.75) is 28.5 Å². The second-order valence-corrected chi connectivity index (χ2v) is 9.65. The average Bonchev–Trinajstić information content (AvgIpc) is 3.15. The fraction of sp³-hybridized carbons (Fsp3) is 0.200. The highest BCUT2D eigenvalue weighted by molar-refractivity contribution is 7.99. The first kappa shape index (κ1) is 20.3. The van der Waals surface area contributed by atoms with Gasteiger partial charge >= 0.3 is 5.69 Å². The van der Waals surface area contributed by atoms with Crippen LogP contribution in [0, 0.1) is 13.8 Å². The van der Waals surface area contributed by atoms with Crippen molar-refractivity contribution in [2.75, 3.05) is 4.72 Å². The quantitative estimate of drug-likeness (QED) is 0.506. The van der Waals surface area contributed by atoms with Crippen LogP contribution in [0.15, 0.2) is 66.5 Å². The highest BCUT2D eigenvalue weighted by Gasteiger charge is 2.26. The summed E-state index contributed by atoms with van der Waals surface area (Å²) in [6.45, 7) is 3.13. The van der Waals surface area contributed by atoms with Crippen LogP contribution in [0.1, 0.15) is 11.5 Å². The van der Waals surface area contributed by atoms with E-state index in [1.54, 1.807) is 34.0 Å². The molecule has 0 aliphatic rings. The third kappa shape index (κ3) is 3.41. The number of aromatic nitrogens is 3. The number of benzene rings is 2. The van der Waals surface area contributed by atoms with Crippen LogP contribution >= 0.6 is 11.8 Å². The molecule has 0 saturated carbocycles. The summed E-state index contributed by atoms with van der Waals surface area (Å²) in [5.74, 6) is 0.213. The van der Waals surface area contributed by atoms with Gasteiger partial charge in [0.2, 0.25) is 0 Å². The number of sulfonamides is 1. The smallest absolute Gasteiger partial charge is 0.328 e. The Bertz CT molecular complexity index is 1400. The van der Waals surface area contributed by atoms with Crippen molar-refractivity contribution in [3.05, 3.63) is 64.4 Å². The molecule has 0 aliphatic heterocycles. The molecular formula is C20H20N4O4S2. The van der Waals surface area contributed by atoms with E-state index in [0.29, 0.717) is 21.6 Å². The van der Waals surface area contributed by atoms with E-state index < -0.39 is 10.0 Å². The molecule has 2 aromatic carbocycles. The molecule has 0 saturated heterocycles. The van der Waals surface area contributed by atoms with Gasteiger partial charge in [-0.1, -0.05) is 35.1 Å². The van der Waals surface area contributed by atoms with Gasteiger partial charge in [-0.3, -0.25) is 13.9 Å². The summed E-state index contributed by atoms with van der Waals surface area (Å²) in [5.41, 5.74) is 1.80. The Hall–Kier alpha value is -2.98. The fourth-order valence-corrected chi connectivity index (χ4v) is 5.76. The Morgan fingerprint density at radius 3 is 2.27 bits per heavy atom. The third-order valence-electron chi connectivity index (χ3n) is 4.83. The molecule has 0 aliphatic carbocycles. The fourth-order valence-electron chi connectivity index (χ4n) is 3.36. The zero-order valence-corrected chi connectivity index (χ0v) is 18.5. The Balaban J connectivity index is 1.89. The minimum atomic E-state index is -3.94. The second-order valence-electron chi connectivity index (χ2n) is 6.91. The molecule has 0 unspecified atom stereocenters. The van der Waals surface area contributed by atoms with E-state index in [-0.39, 0.29) is 22.0 Å². The summed E-state index contributed by atoms with van der Waals surface area (Å²) in [4.78, 5) is 14.0. The number of hydrogen-bond donors (Lipinski definition) is 1. The molecule has 0 radical (unpaired) electrons. The van der Waals surface area contributed by atoms with Gasteiger partial charge in [-0.25, -0.2) is 13.2 Å². The van der Waals surface area contributed by atoms with Crippen LogP contribution in [-0.4, -0.2) is 22.7 Å². The van der Waals surface area contributed by atoms with Crippen LogP contribution in [0.5, 0.6) is 0 Å². The van der Waals surface area contributed by atoms with Crippen LogP contribution in [-0.2, 0) is 24.1 Å². The molecular weight excluding hydrogens is 424 g/mol. The Kier molecular flexibility index (Phi) is 4.99. The van der Waals surface area contributed by atoms with Gasteiger partial charge in [0, 0.05) is 23.9 Å². The van der Waals surface area contributed by atoms with E-state index in [9.17, 15) is 13.2 Å². The second kappa shape index (κ2) is 7.37. The molecule has 0 atom stereocenters. The van der Waals surface area contributed by atoms with Crippen LogP contribution in [0.4, 0.5) is 5.69 Å². The number of nitrogens with one attached hydrogen (secondary N) is 1. The van der Waals surface area contributed by atoms with E-state index in [0.717, 1.165) is 4.90 Å². The summed E-state index contributed by atoms with van der Waals surface area (Å²) in [6, 6.07) is 13.1. The first-order valence-corrected chi connectivity index (χ1v) is 11.4. The number of aryl methyl sites for hydroxylation is 4. The lowest BCUT2D eigenvalue weighted by Crippen LogP contribution is -2.19. The number of nitrogens with zero attached hydrogens (tertiary/aromatic N) is 3. The topological polar surface area (TPSA) is 99.1 Å².